The highest BCUT2D eigenvalue weighted by atomic mass is 16.5. The fraction of sp³-hybridized carbons (Fsp3) is 0.577. The van der Waals surface area contributed by atoms with Crippen LogP contribution in [0, 0.1) is 11.8 Å². The molecule has 2 saturated heterocycles. The van der Waals surface area contributed by atoms with Crippen molar-refractivity contribution in [3.63, 3.8) is 0 Å². The highest BCUT2D eigenvalue weighted by Crippen LogP contribution is 2.21. The molecule has 2 heterocycles. The van der Waals surface area contributed by atoms with E-state index in [1.165, 1.54) is 31.4 Å². The van der Waals surface area contributed by atoms with E-state index >= 15 is 0 Å². The van der Waals surface area contributed by atoms with Crippen LogP contribution in [0.15, 0.2) is 24.3 Å². The summed E-state index contributed by atoms with van der Waals surface area (Å²) in [6, 6.07) is 5.67. The zero-order chi connectivity index (χ0) is 26.8. The van der Waals surface area contributed by atoms with E-state index in [2.05, 4.69) is 20.7 Å². The molecule has 1 aromatic carbocycles. The van der Waals surface area contributed by atoms with E-state index in [1.54, 1.807) is 4.90 Å². The van der Waals surface area contributed by atoms with E-state index in [0.29, 0.717) is 31.7 Å². The highest BCUT2D eigenvalue weighted by molar-refractivity contribution is 5.96. The lowest BCUT2D eigenvalue weighted by Crippen LogP contribution is -2.53. The molecule has 3 rings (SSSR count). The Hall–Kier alpha value is -3.47. The molecule has 2 fully saturated rings. The average Bonchev–Trinajstić information content (AvgIpc) is 2.91. The molecule has 0 spiro atoms. The Balaban J connectivity index is 1.54. The third-order valence-corrected chi connectivity index (χ3v) is 6.94. The van der Waals surface area contributed by atoms with Gasteiger partial charge in [-0.15, -0.1) is 0 Å². The van der Waals surface area contributed by atoms with Crippen molar-refractivity contribution in [1.29, 1.82) is 0 Å². The number of esters is 1. The molecule has 1 aromatic rings. The molecule has 0 aliphatic carbocycles. The maximum atomic E-state index is 13.0. The minimum atomic E-state index is -1.19. The largest absolute Gasteiger partial charge is 0.481 e. The van der Waals surface area contributed by atoms with Gasteiger partial charge in [-0.3, -0.25) is 19.2 Å². The molecule has 11 nitrogen and oxygen atoms in total. The molecule has 0 saturated carbocycles. The minimum Gasteiger partial charge on any atom is -0.481 e. The summed E-state index contributed by atoms with van der Waals surface area (Å²) in [5.41, 5.74) is 0.460. The molecule has 0 radical (unpaired) electrons. The predicted octanol–water partition coefficient (Wildman–Crippen LogP) is 1.14. The van der Waals surface area contributed by atoms with Gasteiger partial charge in [0.1, 0.15) is 6.17 Å². The smallest absolute Gasteiger partial charge is 0.337 e. The van der Waals surface area contributed by atoms with Crippen LogP contribution in [0.1, 0.15) is 65.7 Å². The number of nitrogens with one attached hydrogen (secondary N) is 3. The first-order valence-electron chi connectivity index (χ1n) is 12.8. The molecule has 4 N–H and O–H groups in total. The molecule has 37 heavy (non-hydrogen) atoms. The van der Waals surface area contributed by atoms with E-state index in [-0.39, 0.29) is 23.6 Å². The SMILES string of the molecule is COC(=O)c1ccc(C(=O)N[C@H](CC(=O)O)NC(=O)[C@@H]2CCCN(C(=O)CCC3CCNCC3)C2)cc1. The minimum absolute atomic E-state index is 0.0434. The lowest BCUT2D eigenvalue weighted by molar-refractivity contribution is -0.138. The van der Waals surface area contributed by atoms with Crippen LogP contribution in [0.5, 0.6) is 0 Å². The van der Waals surface area contributed by atoms with Crippen molar-refractivity contribution in [3.8, 4) is 0 Å². The van der Waals surface area contributed by atoms with Gasteiger partial charge in [-0.25, -0.2) is 4.79 Å². The number of carboxylic acid groups (broad SMARTS) is 1. The Kier molecular flexibility index (Phi) is 10.4. The van der Waals surface area contributed by atoms with Gasteiger partial charge in [0.05, 0.1) is 25.0 Å². The first-order chi connectivity index (χ1) is 17.8. The number of ether oxygens (including phenoxy) is 1. The van der Waals surface area contributed by atoms with Crippen LogP contribution in [0.25, 0.3) is 0 Å². The van der Waals surface area contributed by atoms with E-state index in [4.69, 9.17) is 0 Å². The standard InChI is InChI=1S/C26H36N4O7/c1-37-26(36)19-7-5-18(6-8-19)24(34)28-21(15-23(32)33)29-25(35)20-3-2-14-30(16-20)22(31)9-4-17-10-12-27-13-11-17/h5-8,17,20-21,27H,2-4,9-16H2,1H3,(H,28,34)(H,29,35)(H,32,33)/t20-,21+/m1/s1. The second-order valence-electron chi connectivity index (χ2n) is 9.61. The summed E-state index contributed by atoms with van der Waals surface area (Å²) >= 11 is 0. The number of aliphatic carboxylic acids is 1. The molecule has 0 unspecified atom stereocenters. The number of methoxy groups -OCH3 is 1. The monoisotopic (exact) mass is 516 g/mol. The zero-order valence-electron chi connectivity index (χ0n) is 21.2. The molecule has 0 bridgehead atoms. The van der Waals surface area contributed by atoms with Gasteiger partial charge in [-0.2, -0.15) is 0 Å². The van der Waals surface area contributed by atoms with E-state index in [1.807, 2.05) is 0 Å². The first kappa shape index (κ1) is 28.1. The summed E-state index contributed by atoms with van der Waals surface area (Å²) in [6.45, 7) is 2.85. The molecule has 11 heteroatoms. The van der Waals surface area contributed by atoms with Crippen molar-refractivity contribution in [3.05, 3.63) is 35.4 Å². The van der Waals surface area contributed by atoms with Crippen molar-refractivity contribution in [2.45, 2.75) is 51.1 Å². The molecule has 2 aliphatic heterocycles. The maximum absolute atomic E-state index is 13.0. The number of carboxylic acids is 1. The van der Waals surface area contributed by atoms with Crippen LogP contribution in [0.2, 0.25) is 0 Å². The van der Waals surface area contributed by atoms with Crippen molar-refractivity contribution in [2.24, 2.45) is 11.8 Å². The summed E-state index contributed by atoms with van der Waals surface area (Å²) in [7, 11) is 1.25. The Bertz CT molecular complexity index is 976. The third kappa shape index (κ3) is 8.56. The van der Waals surface area contributed by atoms with Gasteiger partial charge in [-0.1, -0.05) is 0 Å². The summed E-state index contributed by atoms with van der Waals surface area (Å²) in [5, 5.41) is 17.8. The lowest BCUT2D eigenvalue weighted by Gasteiger charge is -2.33. The molecule has 2 atom stereocenters. The van der Waals surface area contributed by atoms with Crippen LogP contribution in [0.3, 0.4) is 0 Å². The van der Waals surface area contributed by atoms with Crippen LogP contribution < -0.4 is 16.0 Å². The van der Waals surface area contributed by atoms with E-state index in [9.17, 15) is 29.1 Å². The number of nitrogens with zero attached hydrogens (tertiary/aromatic N) is 1. The maximum Gasteiger partial charge on any atom is 0.337 e. The molecule has 3 amide bonds. The van der Waals surface area contributed by atoms with Gasteiger partial charge in [0.25, 0.3) is 5.91 Å². The quantitative estimate of drug-likeness (QED) is 0.267. The number of amides is 3. The fourth-order valence-corrected chi connectivity index (χ4v) is 4.79. The topological polar surface area (TPSA) is 154 Å². The van der Waals surface area contributed by atoms with E-state index < -0.39 is 42.3 Å². The lowest BCUT2D eigenvalue weighted by atomic mass is 9.92. The second-order valence-corrected chi connectivity index (χ2v) is 9.61. The molecule has 0 aromatic heterocycles. The Morgan fingerprint density at radius 2 is 1.73 bits per heavy atom. The van der Waals surface area contributed by atoms with Crippen molar-refractivity contribution >= 4 is 29.7 Å². The Morgan fingerprint density at radius 1 is 1.05 bits per heavy atom. The van der Waals surface area contributed by atoms with Crippen molar-refractivity contribution in [2.75, 3.05) is 33.3 Å². The number of carbonyl (C=O) groups excluding carboxylic acids is 4. The Labute approximate surface area is 216 Å². The van der Waals surface area contributed by atoms with Gasteiger partial charge >= 0.3 is 11.9 Å². The number of rotatable bonds is 10. The average molecular weight is 517 g/mol. The van der Waals surface area contributed by atoms with Crippen LogP contribution in [-0.4, -0.2) is 79.1 Å². The third-order valence-electron chi connectivity index (χ3n) is 6.94. The Morgan fingerprint density at radius 3 is 2.38 bits per heavy atom. The number of hydrogen-bond donors (Lipinski definition) is 4. The number of likely N-dealkylation sites (tertiary alicyclic amines) is 1. The fourth-order valence-electron chi connectivity index (χ4n) is 4.79. The number of piperidine rings is 2. The van der Waals surface area contributed by atoms with Gasteiger partial charge in [0.15, 0.2) is 0 Å². The van der Waals surface area contributed by atoms with Crippen LogP contribution >= 0.6 is 0 Å². The highest BCUT2D eigenvalue weighted by Gasteiger charge is 2.30. The summed E-state index contributed by atoms with van der Waals surface area (Å²) in [6.07, 6.45) is 3.07. The summed E-state index contributed by atoms with van der Waals surface area (Å²) in [5.74, 6) is -2.62. The van der Waals surface area contributed by atoms with Crippen LogP contribution in [0.4, 0.5) is 0 Å². The van der Waals surface area contributed by atoms with Crippen molar-refractivity contribution < 1.29 is 33.8 Å². The number of benzene rings is 1. The molecular weight excluding hydrogens is 480 g/mol. The van der Waals surface area contributed by atoms with Gasteiger partial charge in [0.2, 0.25) is 11.8 Å². The summed E-state index contributed by atoms with van der Waals surface area (Å²) in [4.78, 5) is 63.1. The first-order valence-corrected chi connectivity index (χ1v) is 12.8. The second kappa shape index (κ2) is 13.7. The van der Waals surface area contributed by atoms with Gasteiger partial charge in [0, 0.05) is 25.1 Å². The van der Waals surface area contributed by atoms with Gasteiger partial charge in [-0.05, 0) is 75.4 Å². The van der Waals surface area contributed by atoms with Gasteiger partial charge < -0.3 is 30.7 Å². The normalized spacial score (nSPS) is 18.9. The number of carbonyl (C=O) groups is 5. The van der Waals surface area contributed by atoms with Crippen LogP contribution in [-0.2, 0) is 19.1 Å². The molecule has 2 aliphatic rings. The molecule has 202 valence electrons. The van der Waals surface area contributed by atoms with Crippen molar-refractivity contribution in [1.82, 2.24) is 20.9 Å². The number of hydrogen-bond acceptors (Lipinski definition) is 7. The van der Waals surface area contributed by atoms with E-state index in [0.717, 1.165) is 32.4 Å². The molecular formula is C26H36N4O7. The zero-order valence-corrected chi connectivity index (χ0v) is 21.2. The summed E-state index contributed by atoms with van der Waals surface area (Å²) < 4.78 is 4.63. The predicted molar refractivity (Wildman–Crippen MR) is 134 cm³/mol.